The number of piperidine rings is 1. The number of anilines is 1. The predicted molar refractivity (Wildman–Crippen MR) is 118 cm³/mol. The maximum absolute atomic E-state index is 12.3. The molecule has 1 aliphatic rings. The number of hydrogen-bond acceptors (Lipinski definition) is 4. The van der Waals surface area contributed by atoms with Gasteiger partial charge in [0.05, 0.1) is 33.4 Å². The first-order valence-electron chi connectivity index (χ1n) is 9.82. The van der Waals surface area contributed by atoms with E-state index in [1.54, 1.807) is 0 Å². The van der Waals surface area contributed by atoms with Crippen LogP contribution in [-0.2, 0) is 14.3 Å². The molecule has 0 bridgehead atoms. The van der Waals surface area contributed by atoms with E-state index >= 15 is 0 Å². The maximum Gasteiger partial charge on any atom is 0.238 e. The van der Waals surface area contributed by atoms with Gasteiger partial charge >= 0.3 is 0 Å². The van der Waals surface area contributed by atoms with Crippen LogP contribution in [0.25, 0.3) is 0 Å². The van der Waals surface area contributed by atoms with Crippen molar-refractivity contribution in [1.29, 1.82) is 0 Å². The third kappa shape index (κ3) is 8.30. The SMILES string of the molecule is CC(C)OCCCNC(=O)C1CCN(CC(=O)Nc2cc(Cl)c(Cl)cc2Cl)CC1. The Morgan fingerprint density at radius 3 is 2.45 bits per heavy atom. The van der Waals surface area contributed by atoms with Crippen LogP contribution in [0.15, 0.2) is 12.1 Å². The van der Waals surface area contributed by atoms with Gasteiger partial charge in [-0.05, 0) is 58.3 Å². The van der Waals surface area contributed by atoms with Gasteiger partial charge in [-0.25, -0.2) is 0 Å². The van der Waals surface area contributed by atoms with Gasteiger partial charge in [-0.15, -0.1) is 0 Å². The largest absolute Gasteiger partial charge is 0.379 e. The fourth-order valence-corrected chi connectivity index (χ4v) is 3.71. The van der Waals surface area contributed by atoms with Gasteiger partial charge in [0.2, 0.25) is 11.8 Å². The molecule has 1 aliphatic heterocycles. The van der Waals surface area contributed by atoms with Gasteiger partial charge in [-0.3, -0.25) is 14.5 Å². The normalized spacial score (nSPS) is 15.5. The van der Waals surface area contributed by atoms with Crippen LogP contribution in [0, 0.1) is 5.92 Å². The minimum atomic E-state index is -0.182. The Balaban J connectivity index is 1.69. The Morgan fingerprint density at radius 2 is 1.79 bits per heavy atom. The smallest absolute Gasteiger partial charge is 0.238 e. The highest BCUT2D eigenvalue weighted by Gasteiger charge is 2.25. The first-order chi connectivity index (χ1) is 13.8. The van der Waals surface area contributed by atoms with Crippen LogP contribution in [-0.4, -0.2) is 55.6 Å². The highest BCUT2D eigenvalue weighted by atomic mass is 35.5. The van der Waals surface area contributed by atoms with E-state index in [1.807, 2.05) is 18.7 Å². The van der Waals surface area contributed by atoms with Gasteiger partial charge in [0.15, 0.2) is 0 Å². The van der Waals surface area contributed by atoms with E-state index in [-0.39, 0.29) is 30.4 Å². The van der Waals surface area contributed by atoms with E-state index in [4.69, 9.17) is 39.5 Å². The highest BCUT2D eigenvalue weighted by molar-refractivity contribution is 6.44. The van der Waals surface area contributed by atoms with Crippen LogP contribution in [0.4, 0.5) is 5.69 Å². The van der Waals surface area contributed by atoms with E-state index in [0.29, 0.717) is 47.0 Å². The Morgan fingerprint density at radius 1 is 1.14 bits per heavy atom. The molecule has 1 fully saturated rings. The summed E-state index contributed by atoms with van der Waals surface area (Å²) in [4.78, 5) is 26.6. The number of likely N-dealkylation sites (tertiary alicyclic amines) is 1. The van der Waals surface area contributed by atoms with Crippen LogP contribution in [0.2, 0.25) is 15.1 Å². The van der Waals surface area contributed by atoms with Crippen LogP contribution in [0.3, 0.4) is 0 Å². The zero-order valence-electron chi connectivity index (χ0n) is 16.8. The first kappa shape index (κ1) is 24.2. The van der Waals surface area contributed by atoms with Crippen molar-refractivity contribution in [3.05, 3.63) is 27.2 Å². The van der Waals surface area contributed by atoms with Gasteiger partial charge < -0.3 is 15.4 Å². The summed E-state index contributed by atoms with van der Waals surface area (Å²) >= 11 is 18.0. The van der Waals surface area contributed by atoms with Gasteiger partial charge in [0, 0.05) is 19.1 Å². The van der Waals surface area contributed by atoms with E-state index in [1.165, 1.54) is 12.1 Å². The topological polar surface area (TPSA) is 70.7 Å². The van der Waals surface area contributed by atoms with Gasteiger partial charge in [-0.1, -0.05) is 34.8 Å². The van der Waals surface area contributed by atoms with Crippen molar-refractivity contribution in [3.8, 4) is 0 Å². The second kappa shape index (κ2) is 12.0. The van der Waals surface area contributed by atoms with Crippen molar-refractivity contribution in [2.75, 3.05) is 38.1 Å². The Hall–Kier alpha value is -1.05. The van der Waals surface area contributed by atoms with Crippen molar-refractivity contribution in [2.45, 2.75) is 39.2 Å². The van der Waals surface area contributed by atoms with Crippen LogP contribution < -0.4 is 10.6 Å². The molecule has 6 nitrogen and oxygen atoms in total. The number of carbonyl (C=O) groups excluding carboxylic acids is 2. The molecule has 2 amide bonds. The summed E-state index contributed by atoms with van der Waals surface area (Å²) in [6.45, 7) is 6.87. The number of rotatable bonds is 9. The Labute approximate surface area is 187 Å². The third-order valence-corrected chi connectivity index (χ3v) is 5.72. The number of carbonyl (C=O) groups is 2. The monoisotopic (exact) mass is 463 g/mol. The number of nitrogens with one attached hydrogen (secondary N) is 2. The predicted octanol–water partition coefficient (Wildman–Crippen LogP) is 4.23. The fourth-order valence-electron chi connectivity index (χ4n) is 3.11. The molecule has 0 spiro atoms. The van der Waals surface area contributed by atoms with E-state index in [9.17, 15) is 9.59 Å². The number of benzene rings is 1. The quantitative estimate of drug-likeness (QED) is 0.424. The summed E-state index contributed by atoms with van der Waals surface area (Å²) in [6.07, 6.45) is 2.48. The Kier molecular flexibility index (Phi) is 9.99. The van der Waals surface area contributed by atoms with Crippen molar-refractivity contribution in [2.24, 2.45) is 5.92 Å². The molecule has 1 aromatic carbocycles. The summed E-state index contributed by atoms with van der Waals surface area (Å²) in [5.74, 6) is -0.107. The average molecular weight is 465 g/mol. The molecule has 1 saturated heterocycles. The number of nitrogens with zero attached hydrogens (tertiary/aromatic N) is 1. The second-order valence-corrected chi connectivity index (χ2v) is 8.63. The lowest BCUT2D eigenvalue weighted by molar-refractivity contribution is -0.126. The molecule has 0 radical (unpaired) electrons. The minimum absolute atomic E-state index is 0.00940. The average Bonchev–Trinajstić information content (AvgIpc) is 2.66. The molecule has 1 heterocycles. The van der Waals surface area contributed by atoms with Crippen LogP contribution in [0.1, 0.15) is 33.1 Å². The van der Waals surface area contributed by atoms with Crippen LogP contribution in [0.5, 0.6) is 0 Å². The van der Waals surface area contributed by atoms with Crippen LogP contribution >= 0.6 is 34.8 Å². The molecular weight excluding hydrogens is 437 g/mol. The molecule has 29 heavy (non-hydrogen) atoms. The fraction of sp³-hybridized carbons (Fsp3) is 0.600. The third-order valence-electron chi connectivity index (χ3n) is 4.68. The standard InChI is InChI=1S/C20H28Cl3N3O3/c1-13(2)29-9-3-6-24-20(28)14-4-7-26(8-5-14)12-19(27)25-18-11-16(22)15(21)10-17(18)23/h10-11,13-14H,3-9,12H2,1-2H3,(H,24,28)(H,25,27). The second-order valence-electron chi connectivity index (χ2n) is 7.41. The maximum atomic E-state index is 12.3. The summed E-state index contributed by atoms with van der Waals surface area (Å²) in [5, 5.41) is 6.73. The molecule has 0 unspecified atom stereocenters. The minimum Gasteiger partial charge on any atom is -0.379 e. The Bertz CT molecular complexity index is 708. The lowest BCUT2D eigenvalue weighted by atomic mass is 9.96. The summed E-state index contributed by atoms with van der Waals surface area (Å²) in [5.41, 5.74) is 0.432. The van der Waals surface area contributed by atoms with Crippen molar-refractivity contribution in [1.82, 2.24) is 10.2 Å². The van der Waals surface area contributed by atoms with Gasteiger partial charge in [-0.2, -0.15) is 0 Å². The van der Waals surface area contributed by atoms with E-state index < -0.39 is 0 Å². The van der Waals surface area contributed by atoms with Gasteiger partial charge in [0.25, 0.3) is 0 Å². The number of amides is 2. The summed E-state index contributed by atoms with van der Waals surface area (Å²) < 4.78 is 5.46. The lowest BCUT2D eigenvalue weighted by Crippen LogP contribution is -2.43. The number of hydrogen-bond donors (Lipinski definition) is 2. The lowest BCUT2D eigenvalue weighted by Gasteiger charge is -2.30. The molecule has 0 aromatic heterocycles. The van der Waals surface area contributed by atoms with E-state index in [2.05, 4.69) is 10.6 Å². The first-order valence-corrected chi connectivity index (χ1v) is 11.0. The van der Waals surface area contributed by atoms with E-state index in [0.717, 1.165) is 19.3 Å². The van der Waals surface area contributed by atoms with Crippen molar-refractivity contribution >= 4 is 52.3 Å². The molecule has 2 rings (SSSR count). The molecular formula is C20H28Cl3N3O3. The summed E-state index contributed by atoms with van der Waals surface area (Å²) in [6, 6.07) is 3.03. The van der Waals surface area contributed by atoms with Gasteiger partial charge in [0.1, 0.15) is 0 Å². The molecule has 0 atom stereocenters. The molecule has 0 aliphatic carbocycles. The zero-order valence-corrected chi connectivity index (χ0v) is 19.0. The van der Waals surface area contributed by atoms with Crippen molar-refractivity contribution < 1.29 is 14.3 Å². The highest BCUT2D eigenvalue weighted by Crippen LogP contribution is 2.32. The molecule has 0 saturated carbocycles. The number of halogens is 3. The zero-order chi connectivity index (χ0) is 21.4. The molecule has 162 valence electrons. The molecule has 1 aromatic rings. The summed E-state index contributed by atoms with van der Waals surface area (Å²) in [7, 11) is 0. The molecule has 9 heteroatoms. The number of ether oxygens (including phenoxy) is 1. The van der Waals surface area contributed by atoms with Crippen molar-refractivity contribution in [3.63, 3.8) is 0 Å². The molecule has 2 N–H and O–H groups in total.